The van der Waals surface area contributed by atoms with Crippen LogP contribution in [0.4, 0.5) is 10.8 Å². The number of nitrogens with one attached hydrogen (secondary N) is 1. The third-order valence-electron chi connectivity index (χ3n) is 5.13. The van der Waals surface area contributed by atoms with Crippen molar-refractivity contribution >= 4 is 39.1 Å². The van der Waals surface area contributed by atoms with Gasteiger partial charge in [-0.15, -0.1) is 28.3 Å². The predicted octanol–water partition coefficient (Wildman–Crippen LogP) is 7.19. The molecule has 0 spiro atoms. The molecule has 1 aliphatic rings. The summed E-state index contributed by atoms with van der Waals surface area (Å²) in [5.74, 6) is 1.61. The lowest BCUT2D eigenvalue weighted by molar-refractivity contribution is 0.415. The first-order valence-electron chi connectivity index (χ1n) is 9.29. The summed E-state index contributed by atoms with van der Waals surface area (Å²) >= 11 is 1.63. The summed E-state index contributed by atoms with van der Waals surface area (Å²) in [5.41, 5.74) is 4.71. The minimum atomic E-state index is 0. The molecule has 0 unspecified atom stereocenters. The van der Waals surface area contributed by atoms with Gasteiger partial charge >= 0.3 is 0 Å². The van der Waals surface area contributed by atoms with E-state index >= 15 is 0 Å². The maximum Gasteiger partial charge on any atom is 0.187 e. The van der Waals surface area contributed by atoms with Crippen molar-refractivity contribution < 1.29 is 4.74 Å². The maximum absolute atomic E-state index is 5.19. The number of hydrogen-bond donors (Lipinski definition) is 1. The van der Waals surface area contributed by atoms with Gasteiger partial charge in [-0.3, -0.25) is 0 Å². The molecule has 1 heterocycles. The Morgan fingerprint density at radius 2 is 1.67 bits per heavy atom. The number of anilines is 2. The van der Waals surface area contributed by atoms with Gasteiger partial charge in [0.05, 0.1) is 12.8 Å². The van der Waals surface area contributed by atoms with Gasteiger partial charge in [0.15, 0.2) is 5.13 Å². The van der Waals surface area contributed by atoms with Crippen LogP contribution in [0.5, 0.6) is 5.75 Å². The molecular weight excluding hydrogens is 420 g/mol. The molecule has 0 atom stereocenters. The molecule has 1 fully saturated rings. The van der Waals surface area contributed by atoms with Crippen molar-refractivity contribution in [3.05, 3.63) is 59.5 Å². The van der Waals surface area contributed by atoms with Gasteiger partial charge in [0.1, 0.15) is 5.75 Å². The Morgan fingerprint density at radius 3 is 2.33 bits per heavy atom. The number of nitrogens with zero attached hydrogens (tertiary/aromatic N) is 1. The number of halogens is 1. The van der Waals surface area contributed by atoms with Gasteiger partial charge in [-0.2, -0.15) is 0 Å². The number of hydrogen-bond acceptors (Lipinski definition) is 4. The van der Waals surface area contributed by atoms with Crippen molar-refractivity contribution in [1.82, 2.24) is 4.98 Å². The molecule has 0 aliphatic heterocycles. The number of aromatic nitrogens is 1. The van der Waals surface area contributed by atoms with E-state index in [-0.39, 0.29) is 17.0 Å². The monoisotopic (exact) mass is 444 g/mol. The summed E-state index contributed by atoms with van der Waals surface area (Å²) in [6, 6.07) is 16.9. The lowest BCUT2D eigenvalue weighted by atomic mass is 9.84. The molecule has 5 heteroatoms. The Labute approximate surface area is 175 Å². The fourth-order valence-electron chi connectivity index (χ4n) is 3.62. The number of methoxy groups -OCH3 is 1. The molecule has 0 saturated heterocycles. The maximum atomic E-state index is 5.19. The van der Waals surface area contributed by atoms with Crippen LogP contribution < -0.4 is 10.1 Å². The van der Waals surface area contributed by atoms with E-state index in [4.69, 9.17) is 9.72 Å². The normalized spacial score (nSPS) is 14.4. The quantitative estimate of drug-likeness (QED) is 0.451. The molecule has 1 aliphatic carbocycles. The van der Waals surface area contributed by atoms with Gasteiger partial charge in [0.2, 0.25) is 0 Å². The zero-order chi connectivity index (χ0) is 17.8. The van der Waals surface area contributed by atoms with Crippen molar-refractivity contribution in [3.8, 4) is 17.0 Å². The van der Waals surface area contributed by atoms with Crippen LogP contribution in [0.1, 0.15) is 43.6 Å². The fraction of sp³-hybridized carbons (Fsp3) is 0.318. The second kappa shape index (κ2) is 9.38. The minimum Gasteiger partial charge on any atom is -0.497 e. The highest BCUT2D eigenvalue weighted by atomic mass is 79.9. The molecule has 142 valence electrons. The summed E-state index contributed by atoms with van der Waals surface area (Å²) in [5, 5.41) is 6.38. The predicted molar refractivity (Wildman–Crippen MR) is 120 cm³/mol. The number of thiazole rings is 1. The lowest BCUT2D eigenvalue weighted by Crippen LogP contribution is -2.04. The molecule has 1 saturated carbocycles. The molecule has 0 amide bonds. The van der Waals surface area contributed by atoms with Crippen LogP contribution in [-0.4, -0.2) is 12.1 Å². The molecule has 1 aromatic heterocycles. The van der Waals surface area contributed by atoms with Crippen LogP contribution in [0.25, 0.3) is 11.3 Å². The molecule has 4 rings (SSSR count). The van der Waals surface area contributed by atoms with E-state index in [9.17, 15) is 0 Å². The molecule has 0 bridgehead atoms. The van der Waals surface area contributed by atoms with E-state index in [1.807, 2.05) is 24.3 Å². The highest BCUT2D eigenvalue weighted by Gasteiger charge is 2.15. The summed E-state index contributed by atoms with van der Waals surface area (Å²) in [6.45, 7) is 0. The van der Waals surface area contributed by atoms with Gasteiger partial charge in [-0.1, -0.05) is 43.5 Å². The third kappa shape index (κ3) is 4.90. The summed E-state index contributed by atoms with van der Waals surface area (Å²) < 4.78 is 5.19. The Hall–Kier alpha value is -1.85. The fourth-order valence-corrected chi connectivity index (χ4v) is 4.36. The average Bonchev–Trinajstić information content (AvgIpc) is 3.18. The summed E-state index contributed by atoms with van der Waals surface area (Å²) in [6.07, 6.45) is 6.83. The minimum absolute atomic E-state index is 0. The molecule has 3 aromatic rings. The molecular formula is C22H25BrN2OS. The second-order valence-electron chi connectivity index (χ2n) is 6.85. The van der Waals surface area contributed by atoms with Crippen molar-refractivity contribution in [1.29, 1.82) is 0 Å². The van der Waals surface area contributed by atoms with Crippen molar-refractivity contribution in [2.45, 2.75) is 38.0 Å². The highest BCUT2D eigenvalue weighted by molar-refractivity contribution is 8.93. The first kappa shape index (κ1) is 19.9. The molecule has 3 nitrogen and oxygen atoms in total. The Bertz CT molecular complexity index is 840. The summed E-state index contributed by atoms with van der Waals surface area (Å²) in [4.78, 5) is 4.74. The molecule has 27 heavy (non-hydrogen) atoms. The van der Waals surface area contributed by atoms with E-state index in [1.54, 1.807) is 18.4 Å². The average molecular weight is 445 g/mol. The van der Waals surface area contributed by atoms with E-state index in [1.165, 1.54) is 43.2 Å². The number of benzene rings is 2. The van der Waals surface area contributed by atoms with Gasteiger partial charge in [0, 0.05) is 16.6 Å². The van der Waals surface area contributed by atoms with Gasteiger partial charge in [-0.05, 0) is 48.6 Å². The van der Waals surface area contributed by atoms with Gasteiger partial charge < -0.3 is 10.1 Å². The van der Waals surface area contributed by atoms with E-state index in [2.05, 4.69) is 35.0 Å². The highest BCUT2D eigenvalue weighted by Crippen LogP contribution is 2.34. The van der Waals surface area contributed by atoms with Crippen molar-refractivity contribution in [2.75, 3.05) is 12.4 Å². The van der Waals surface area contributed by atoms with Crippen LogP contribution in [0.15, 0.2) is 53.9 Å². The first-order chi connectivity index (χ1) is 12.8. The second-order valence-corrected chi connectivity index (χ2v) is 7.71. The number of rotatable bonds is 5. The topological polar surface area (TPSA) is 34.1 Å². The van der Waals surface area contributed by atoms with E-state index < -0.39 is 0 Å². The first-order valence-corrected chi connectivity index (χ1v) is 10.2. The SMILES string of the molecule is Br.COc1ccc(Nc2nc(-c3ccc(C4CCCCC4)cc3)cs2)cc1. The third-order valence-corrected chi connectivity index (χ3v) is 5.89. The Balaban J connectivity index is 0.00000210. The van der Waals surface area contributed by atoms with E-state index in [0.29, 0.717) is 0 Å². The van der Waals surface area contributed by atoms with Crippen LogP contribution in [0, 0.1) is 0 Å². The van der Waals surface area contributed by atoms with E-state index in [0.717, 1.165) is 28.2 Å². The largest absolute Gasteiger partial charge is 0.497 e. The van der Waals surface area contributed by atoms with Gasteiger partial charge in [0.25, 0.3) is 0 Å². The van der Waals surface area contributed by atoms with Gasteiger partial charge in [-0.25, -0.2) is 4.98 Å². The van der Waals surface area contributed by atoms with Crippen molar-refractivity contribution in [3.63, 3.8) is 0 Å². The molecule has 0 radical (unpaired) electrons. The standard InChI is InChI=1S/C22H24N2OS.BrH/c1-25-20-13-11-19(12-14-20)23-22-24-21(15-26-22)18-9-7-17(8-10-18)16-5-3-2-4-6-16;/h7-16H,2-6H2,1H3,(H,23,24);1H. The Morgan fingerprint density at radius 1 is 0.963 bits per heavy atom. The molecule has 2 aromatic carbocycles. The number of ether oxygens (including phenoxy) is 1. The van der Waals surface area contributed by atoms with Crippen LogP contribution in [0.3, 0.4) is 0 Å². The van der Waals surface area contributed by atoms with Crippen LogP contribution in [-0.2, 0) is 0 Å². The Kier molecular flexibility index (Phi) is 6.91. The molecule has 1 N–H and O–H groups in total. The zero-order valence-electron chi connectivity index (χ0n) is 15.5. The van der Waals surface area contributed by atoms with Crippen LogP contribution in [0.2, 0.25) is 0 Å². The zero-order valence-corrected chi connectivity index (χ0v) is 18.0. The smallest absolute Gasteiger partial charge is 0.187 e. The summed E-state index contributed by atoms with van der Waals surface area (Å²) in [7, 11) is 1.68. The van der Waals surface area contributed by atoms with Crippen molar-refractivity contribution in [2.24, 2.45) is 0 Å². The lowest BCUT2D eigenvalue weighted by Gasteiger charge is -2.22. The van der Waals surface area contributed by atoms with Crippen LogP contribution >= 0.6 is 28.3 Å².